The van der Waals surface area contributed by atoms with Gasteiger partial charge in [0.2, 0.25) is 0 Å². The maximum atomic E-state index is 11.7. The number of ether oxygens (including phenoxy) is 2. The first-order valence-corrected chi connectivity index (χ1v) is 6.54. The van der Waals surface area contributed by atoms with Crippen LogP contribution in [0.3, 0.4) is 0 Å². The van der Waals surface area contributed by atoms with Crippen molar-refractivity contribution in [3.63, 3.8) is 0 Å². The Labute approximate surface area is 123 Å². The highest BCUT2D eigenvalue weighted by atomic mass is 16.6. The van der Waals surface area contributed by atoms with Crippen molar-refractivity contribution in [1.29, 1.82) is 0 Å². The number of hydrogen-bond acceptors (Lipinski definition) is 4. The van der Waals surface area contributed by atoms with Gasteiger partial charge in [-0.2, -0.15) is 0 Å². The fourth-order valence-electron chi connectivity index (χ4n) is 1.81. The van der Waals surface area contributed by atoms with Crippen LogP contribution in [0.5, 0.6) is 11.5 Å². The standard InChI is InChI=1S/C17H16O4/c1-12-6-7-13(2)16(8-12)20-11-17(19)21-15-5-3-4-14(9-15)10-18/h3-10H,11H2,1-2H3. The van der Waals surface area contributed by atoms with Gasteiger partial charge in [0, 0.05) is 5.56 Å². The van der Waals surface area contributed by atoms with Crippen LogP contribution in [0.25, 0.3) is 0 Å². The van der Waals surface area contributed by atoms with E-state index in [0.29, 0.717) is 23.3 Å². The molecule has 0 aliphatic heterocycles. The lowest BCUT2D eigenvalue weighted by atomic mass is 10.1. The van der Waals surface area contributed by atoms with Crippen LogP contribution >= 0.6 is 0 Å². The summed E-state index contributed by atoms with van der Waals surface area (Å²) in [5.41, 5.74) is 2.47. The van der Waals surface area contributed by atoms with Crippen LogP contribution in [0.1, 0.15) is 21.5 Å². The molecular formula is C17H16O4. The molecule has 0 bridgehead atoms. The van der Waals surface area contributed by atoms with Crippen LogP contribution in [-0.4, -0.2) is 18.9 Å². The van der Waals surface area contributed by atoms with Crippen LogP contribution in [0.4, 0.5) is 0 Å². The molecule has 0 saturated heterocycles. The Kier molecular flexibility index (Phi) is 4.72. The molecule has 0 fully saturated rings. The molecule has 0 unspecified atom stereocenters. The second-order valence-corrected chi connectivity index (χ2v) is 4.72. The van der Waals surface area contributed by atoms with Gasteiger partial charge in [-0.05, 0) is 43.2 Å². The summed E-state index contributed by atoms with van der Waals surface area (Å²) in [5.74, 6) is 0.474. The molecule has 2 rings (SSSR count). The van der Waals surface area contributed by atoms with E-state index in [1.807, 2.05) is 32.0 Å². The van der Waals surface area contributed by atoms with E-state index in [0.717, 1.165) is 11.1 Å². The van der Waals surface area contributed by atoms with Crippen LogP contribution < -0.4 is 9.47 Å². The van der Waals surface area contributed by atoms with Gasteiger partial charge in [0.25, 0.3) is 0 Å². The van der Waals surface area contributed by atoms with Crippen LogP contribution in [0.15, 0.2) is 42.5 Å². The molecule has 0 saturated carbocycles. The molecule has 2 aromatic carbocycles. The average Bonchev–Trinajstić information content (AvgIpc) is 2.48. The SMILES string of the molecule is Cc1ccc(C)c(OCC(=O)Oc2cccc(C=O)c2)c1. The van der Waals surface area contributed by atoms with Gasteiger partial charge in [0.05, 0.1) is 0 Å². The zero-order chi connectivity index (χ0) is 15.2. The first kappa shape index (κ1) is 14.8. The van der Waals surface area contributed by atoms with Gasteiger partial charge in [-0.3, -0.25) is 4.79 Å². The minimum absolute atomic E-state index is 0.185. The summed E-state index contributed by atoms with van der Waals surface area (Å²) in [4.78, 5) is 22.4. The lowest BCUT2D eigenvalue weighted by Crippen LogP contribution is -2.18. The van der Waals surface area contributed by atoms with E-state index in [9.17, 15) is 9.59 Å². The fraction of sp³-hybridized carbons (Fsp3) is 0.176. The first-order chi connectivity index (χ1) is 10.1. The van der Waals surface area contributed by atoms with Crippen molar-refractivity contribution >= 4 is 12.3 Å². The van der Waals surface area contributed by atoms with Crippen LogP contribution in [0, 0.1) is 13.8 Å². The molecule has 4 nitrogen and oxygen atoms in total. The maximum absolute atomic E-state index is 11.7. The van der Waals surface area contributed by atoms with Crippen molar-refractivity contribution in [3.05, 3.63) is 59.2 Å². The van der Waals surface area contributed by atoms with E-state index in [1.165, 1.54) is 6.07 Å². The Bertz CT molecular complexity index is 662. The topological polar surface area (TPSA) is 52.6 Å². The summed E-state index contributed by atoms with van der Waals surface area (Å²) in [7, 11) is 0. The summed E-state index contributed by atoms with van der Waals surface area (Å²) >= 11 is 0. The number of benzene rings is 2. The van der Waals surface area contributed by atoms with Crippen LogP contribution in [0.2, 0.25) is 0 Å². The molecule has 0 aromatic heterocycles. The normalized spacial score (nSPS) is 10.0. The number of aldehydes is 1. The summed E-state index contributed by atoms with van der Waals surface area (Å²) in [6.07, 6.45) is 0.698. The van der Waals surface area contributed by atoms with E-state index in [-0.39, 0.29) is 6.61 Å². The minimum atomic E-state index is -0.515. The summed E-state index contributed by atoms with van der Waals surface area (Å²) in [6, 6.07) is 12.2. The molecule has 4 heteroatoms. The third-order valence-corrected chi connectivity index (χ3v) is 2.92. The van der Waals surface area contributed by atoms with E-state index in [4.69, 9.17) is 9.47 Å². The van der Waals surface area contributed by atoms with Gasteiger partial charge < -0.3 is 9.47 Å². The molecule has 0 aliphatic carbocycles. The molecule has 0 amide bonds. The monoisotopic (exact) mass is 284 g/mol. The fourth-order valence-corrected chi connectivity index (χ4v) is 1.81. The van der Waals surface area contributed by atoms with Gasteiger partial charge in [0.15, 0.2) is 6.61 Å². The van der Waals surface area contributed by atoms with Gasteiger partial charge in [-0.15, -0.1) is 0 Å². The lowest BCUT2D eigenvalue weighted by Gasteiger charge is -2.10. The van der Waals surface area contributed by atoms with E-state index in [1.54, 1.807) is 18.2 Å². The molecule has 0 spiro atoms. The smallest absolute Gasteiger partial charge is 0.349 e. The summed E-state index contributed by atoms with van der Waals surface area (Å²) in [5, 5.41) is 0. The van der Waals surface area contributed by atoms with Crippen molar-refractivity contribution in [2.24, 2.45) is 0 Å². The Balaban J connectivity index is 1.95. The number of esters is 1. The highest BCUT2D eigenvalue weighted by molar-refractivity contribution is 5.77. The van der Waals surface area contributed by atoms with Crippen molar-refractivity contribution in [2.75, 3.05) is 6.61 Å². The largest absolute Gasteiger partial charge is 0.482 e. The molecule has 108 valence electrons. The van der Waals surface area contributed by atoms with Crippen molar-refractivity contribution in [1.82, 2.24) is 0 Å². The van der Waals surface area contributed by atoms with E-state index < -0.39 is 5.97 Å². The molecule has 0 atom stereocenters. The van der Waals surface area contributed by atoms with Gasteiger partial charge >= 0.3 is 5.97 Å². The predicted octanol–water partition coefficient (Wildman–Crippen LogP) is 3.10. The number of aryl methyl sites for hydroxylation is 2. The van der Waals surface area contributed by atoms with Crippen LogP contribution in [-0.2, 0) is 4.79 Å². The third-order valence-electron chi connectivity index (χ3n) is 2.92. The quantitative estimate of drug-likeness (QED) is 0.481. The molecule has 0 N–H and O–H groups in total. The highest BCUT2D eigenvalue weighted by Gasteiger charge is 2.08. The zero-order valence-electron chi connectivity index (χ0n) is 12.0. The molecule has 0 heterocycles. The average molecular weight is 284 g/mol. The van der Waals surface area contributed by atoms with E-state index in [2.05, 4.69) is 0 Å². The minimum Gasteiger partial charge on any atom is -0.482 e. The Hall–Kier alpha value is -2.62. The molecule has 0 radical (unpaired) electrons. The summed E-state index contributed by atoms with van der Waals surface area (Å²) < 4.78 is 10.6. The molecule has 21 heavy (non-hydrogen) atoms. The third kappa shape index (κ3) is 4.18. The molecule has 0 aliphatic rings. The van der Waals surface area contributed by atoms with Gasteiger partial charge in [-0.25, -0.2) is 4.79 Å². The van der Waals surface area contributed by atoms with Gasteiger partial charge in [-0.1, -0.05) is 24.3 Å². The Morgan fingerprint density at radius 1 is 1.14 bits per heavy atom. The number of carbonyl (C=O) groups is 2. The number of carbonyl (C=O) groups excluding carboxylic acids is 2. The highest BCUT2D eigenvalue weighted by Crippen LogP contribution is 2.19. The first-order valence-electron chi connectivity index (χ1n) is 6.54. The Morgan fingerprint density at radius 2 is 1.95 bits per heavy atom. The second-order valence-electron chi connectivity index (χ2n) is 4.72. The van der Waals surface area contributed by atoms with E-state index >= 15 is 0 Å². The van der Waals surface area contributed by atoms with Crippen molar-refractivity contribution < 1.29 is 19.1 Å². The van der Waals surface area contributed by atoms with Gasteiger partial charge in [0.1, 0.15) is 17.8 Å². The maximum Gasteiger partial charge on any atom is 0.349 e. The molecule has 2 aromatic rings. The lowest BCUT2D eigenvalue weighted by molar-refractivity contribution is -0.136. The number of rotatable bonds is 5. The number of hydrogen-bond donors (Lipinski definition) is 0. The Morgan fingerprint density at radius 3 is 2.71 bits per heavy atom. The predicted molar refractivity (Wildman–Crippen MR) is 78.9 cm³/mol. The van der Waals surface area contributed by atoms with Crippen molar-refractivity contribution in [2.45, 2.75) is 13.8 Å². The summed E-state index contributed by atoms with van der Waals surface area (Å²) in [6.45, 7) is 3.68. The molecular weight excluding hydrogens is 268 g/mol. The second kappa shape index (κ2) is 6.70. The zero-order valence-corrected chi connectivity index (χ0v) is 12.0. The van der Waals surface area contributed by atoms with Crippen molar-refractivity contribution in [3.8, 4) is 11.5 Å².